The van der Waals surface area contributed by atoms with Crippen LogP contribution in [-0.2, 0) is 16.1 Å². The second kappa shape index (κ2) is 7.69. The second-order valence-corrected chi connectivity index (χ2v) is 9.54. The van der Waals surface area contributed by atoms with Gasteiger partial charge in [-0.3, -0.25) is 14.5 Å². The molecule has 0 radical (unpaired) electrons. The quantitative estimate of drug-likeness (QED) is 0.764. The first-order valence-electron chi connectivity index (χ1n) is 11.2. The van der Waals surface area contributed by atoms with Crippen molar-refractivity contribution in [2.75, 3.05) is 26.2 Å². The number of likely N-dealkylation sites (tertiary alicyclic amines) is 2. The zero-order valence-electron chi connectivity index (χ0n) is 17.3. The van der Waals surface area contributed by atoms with Crippen molar-refractivity contribution in [3.8, 4) is 0 Å². The molecule has 2 aromatic rings. The van der Waals surface area contributed by atoms with Gasteiger partial charge in [-0.05, 0) is 42.9 Å². The molecule has 1 saturated carbocycles. The molecule has 0 spiro atoms. The van der Waals surface area contributed by atoms with Gasteiger partial charge >= 0.3 is 5.97 Å². The van der Waals surface area contributed by atoms with Crippen molar-refractivity contribution < 1.29 is 14.7 Å². The third-order valence-corrected chi connectivity index (χ3v) is 7.61. The number of nitrogens with one attached hydrogen (secondary N) is 1. The van der Waals surface area contributed by atoms with Crippen molar-refractivity contribution in [3.05, 3.63) is 30.1 Å². The van der Waals surface area contributed by atoms with Gasteiger partial charge in [0.2, 0.25) is 5.91 Å². The molecule has 5 rings (SSSR count). The van der Waals surface area contributed by atoms with Crippen molar-refractivity contribution in [2.45, 2.75) is 45.1 Å². The number of carbonyl (C=O) groups is 2. The van der Waals surface area contributed by atoms with Crippen LogP contribution < -0.4 is 0 Å². The molecule has 3 fully saturated rings. The van der Waals surface area contributed by atoms with E-state index in [1.807, 2.05) is 12.3 Å². The van der Waals surface area contributed by atoms with Crippen LogP contribution in [0.5, 0.6) is 0 Å². The number of aliphatic carboxylic acids is 1. The number of nitrogens with zero attached hydrogens (tertiary/aromatic N) is 3. The van der Waals surface area contributed by atoms with E-state index in [1.165, 1.54) is 5.56 Å². The Kier molecular flexibility index (Phi) is 5.01. The number of aromatic nitrogens is 2. The van der Waals surface area contributed by atoms with E-state index in [4.69, 9.17) is 0 Å². The number of carboxylic acid groups (broad SMARTS) is 1. The minimum absolute atomic E-state index is 0.100. The van der Waals surface area contributed by atoms with Crippen LogP contribution in [0.25, 0.3) is 11.0 Å². The molecule has 2 N–H and O–H groups in total. The number of amides is 1. The Balaban J connectivity index is 1.32. The normalized spacial score (nSPS) is 27.2. The fraction of sp³-hybridized carbons (Fsp3) is 0.609. The molecule has 0 unspecified atom stereocenters. The summed E-state index contributed by atoms with van der Waals surface area (Å²) >= 11 is 0. The second-order valence-electron chi connectivity index (χ2n) is 9.54. The Labute approximate surface area is 176 Å². The molecule has 2 saturated heterocycles. The predicted molar refractivity (Wildman–Crippen MR) is 113 cm³/mol. The molecule has 1 aliphatic carbocycles. The summed E-state index contributed by atoms with van der Waals surface area (Å²) in [7, 11) is 0. The molecule has 1 amide bonds. The van der Waals surface area contributed by atoms with E-state index in [2.05, 4.69) is 25.8 Å². The van der Waals surface area contributed by atoms with Crippen LogP contribution in [-0.4, -0.2) is 62.9 Å². The summed E-state index contributed by atoms with van der Waals surface area (Å²) in [6.07, 6.45) is 8.99. The Morgan fingerprint density at radius 1 is 1.23 bits per heavy atom. The third-order valence-electron chi connectivity index (χ3n) is 7.61. The van der Waals surface area contributed by atoms with Gasteiger partial charge in [0.1, 0.15) is 5.65 Å². The lowest BCUT2D eigenvalue weighted by Crippen LogP contribution is -2.39. The molecule has 2 aliphatic heterocycles. The van der Waals surface area contributed by atoms with Gasteiger partial charge < -0.3 is 15.0 Å². The van der Waals surface area contributed by atoms with E-state index in [-0.39, 0.29) is 17.8 Å². The predicted octanol–water partition coefficient (Wildman–Crippen LogP) is 2.88. The third kappa shape index (κ3) is 3.49. The smallest absolute Gasteiger partial charge is 0.303 e. The molecular formula is C23H30N4O3. The van der Waals surface area contributed by atoms with Gasteiger partial charge in [0, 0.05) is 68.3 Å². The number of H-pyrrole nitrogens is 1. The van der Waals surface area contributed by atoms with Crippen molar-refractivity contribution in [1.82, 2.24) is 19.8 Å². The van der Waals surface area contributed by atoms with Gasteiger partial charge in [0.15, 0.2) is 0 Å². The number of carbonyl (C=O) groups excluding carboxylic acids is 1. The lowest BCUT2D eigenvalue weighted by atomic mass is 9.77. The molecule has 30 heavy (non-hydrogen) atoms. The van der Waals surface area contributed by atoms with Crippen LogP contribution in [0.2, 0.25) is 0 Å². The summed E-state index contributed by atoms with van der Waals surface area (Å²) in [6.45, 7) is 4.09. The average molecular weight is 411 g/mol. The monoisotopic (exact) mass is 410 g/mol. The molecule has 2 atom stereocenters. The molecule has 160 valence electrons. The molecule has 0 aromatic carbocycles. The van der Waals surface area contributed by atoms with E-state index >= 15 is 0 Å². The molecule has 3 aliphatic rings. The van der Waals surface area contributed by atoms with Gasteiger partial charge in [-0.2, -0.15) is 0 Å². The molecular weight excluding hydrogens is 380 g/mol. The Bertz CT molecular complexity index is 951. The van der Waals surface area contributed by atoms with Crippen molar-refractivity contribution >= 4 is 22.9 Å². The number of carboxylic acids is 1. The highest BCUT2D eigenvalue weighted by atomic mass is 16.4. The van der Waals surface area contributed by atoms with Crippen LogP contribution >= 0.6 is 0 Å². The summed E-state index contributed by atoms with van der Waals surface area (Å²) in [4.78, 5) is 36.5. The molecule has 7 nitrogen and oxygen atoms in total. The minimum Gasteiger partial charge on any atom is -0.481 e. The fourth-order valence-corrected chi connectivity index (χ4v) is 6.11. The lowest BCUT2D eigenvalue weighted by Gasteiger charge is -2.30. The van der Waals surface area contributed by atoms with E-state index < -0.39 is 5.97 Å². The number of rotatable bonds is 6. The number of hydrogen-bond donors (Lipinski definition) is 2. The molecule has 0 bridgehead atoms. The van der Waals surface area contributed by atoms with E-state index in [9.17, 15) is 14.7 Å². The number of fused-ring (bicyclic) bond motifs is 2. The van der Waals surface area contributed by atoms with Crippen LogP contribution in [0.3, 0.4) is 0 Å². The summed E-state index contributed by atoms with van der Waals surface area (Å²) in [6, 6.07) is 4.05. The van der Waals surface area contributed by atoms with Crippen LogP contribution in [0.4, 0.5) is 0 Å². The van der Waals surface area contributed by atoms with Gasteiger partial charge in [-0.15, -0.1) is 0 Å². The van der Waals surface area contributed by atoms with Crippen LogP contribution in [0.1, 0.15) is 44.1 Å². The molecule has 4 heterocycles. The summed E-state index contributed by atoms with van der Waals surface area (Å²) in [5.41, 5.74) is 2.03. The number of hydrogen-bond acceptors (Lipinski definition) is 4. The summed E-state index contributed by atoms with van der Waals surface area (Å²) in [5, 5.41) is 10.5. The highest BCUT2D eigenvalue weighted by Crippen LogP contribution is 2.47. The average Bonchev–Trinajstić information content (AvgIpc) is 3.50. The first-order chi connectivity index (χ1) is 14.5. The van der Waals surface area contributed by atoms with Gasteiger partial charge in [-0.25, -0.2) is 4.98 Å². The lowest BCUT2D eigenvalue weighted by molar-refractivity contribution is -0.137. The minimum atomic E-state index is -0.746. The first-order valence-corrected chi connectivity index (χ1v) is 11.2. The Morgan fingerprint density at radius 2 is 2.07 bits per heavy atom. The van der Waals surface area contributed by atoms with Gasteiger partial charge in [-0.1, -0.05) is 12.8 Å². The van der Waals surface area contributed by atoms with Crippen molar-refractivity contribution in [1.29, 1.82) is 0 Å². The molecule has 7 heteroatoms. The SMILES string of the molecule is O=C(O)CC[C@]12CN(Cc3c[nH]c4ncccc34)C[C@H]1CN(C(=O)C1CCCC1)C2. The van der Waals surface area contributed by atoms with Crippen LogP contribution in [0, 0.1) is 17.3 Å². The maximum Gasteiger partial charge on any atom is 0.303 e. The highest BCUT2D eigenvalue weighted by Gasteiger charge is 2.53. The maximum atomic E-state index is 13.0. The highest BCUT2D eigenvalue weighted by molar-refractivity contribution is 5.80. The summed E-state index contributed by atoms with van der Waals surface area (Å²) < 4.78 is 0. The topological polar surface area (TPSA) is 89.5 Å². The van der Waals surface area contributed by atoms with Gasteiger partial charge in [0.25, 0.3) is 0 Å². The molecule has 2 aromatic heterocycles. The maximum absolute atomic E-state index is 13.0. The zero-order chi connectivity index (χ0) is 20.7. The fourth-order valence-electron chi connectivity index (χ4n) is 6.11. The van der Waals surface area contributed by atoms with Crippen LogP contribution in [0.15, 0.2) is 24.5 Å². The van der Waals surface area contributed by atoms with Crippen molar-refractivity contribution in [3.63, 3.8) is 0 Å². The Morgan fingerprint density at radius 3 is 2.87 bits per heavy atom. The Hall–Kier alpha value is -2.41. The van der Waals surface area contributed by atoms with Gasteiger partial charge in [0.05, 0.1) is 0 Å². The first kappa shape index (κ1) is 19.5. The van der Waals surface area contributed by atoms with E-state index in [1.54, 1.807) is 6.20 Å². The van der Waals surface area contributed by atoms with E-state index in [0.717, 1.165) is 62.9 Å². The van der Waals surface area contributed by atoms with Crippen molar-refractivity contribution in [2.24, 2.45) is 17.3 Å². The number of aromatic amines is 1. The number of pyridine rings is 1. The summed E-state index contributed by atoms with van der Waals surface area (Å²) in [5.74, 6) is 0.108. The van der Waals surface area contributed by atoms with E-state index in [0.29, 0.717) is 24.8 Å². The zero-order valence-corrected chi connectivity index (χ0v) is 17.3. The standard InChI is InChI=1S/C23H30N4O3/c28-20(29)7-8-23-14-26(11-17-10-25-21-19(17)6-3-9-24-21)12-18(23)13-27(15-23)22(30)16-4-1-2-5-16/h3,6,9-10,16,18H,1-2,4-5,7-8,11-15H2,(H,24,25)(H,28,29)/t18-,23+/m0/s1. The largest absolute Gasteiger partial charge is 0.481 e.